The summed E-state index contributed by atoms with van der Waals surface area (Å²) in [4.78, 5) is 4.86. The van der Waals surface area contributed by atoms with Gasteiger partial charge in [-0.25, -0.2) is 0 Å². The summed E-state index contributed by atoms with van der Waals surface area (Å²) in [5.41, 5.74) is 22.3. The molecule has 0 atom stereocenters. The second-order valence-electron chi connectivity index (χ2n) is 18.4. The minimum absolute atomic E-state index is 0.0566. The number of anilines is 6. The first-order valence-corrected chi connectivity index (χ1v) is 24.3. The van der Waals surface area contributed by atoms with Gasteiger partial charge in [0.1, 0.15) is 0 Å². The summed E-state index contributed by atoms with van der Waals surface area (Å²) < 4.78 is 0. The molecular formula is C68H48N2. The lowest BCUT2D eigenvalue weighted by Crippen LogP contribution is -2.36. The van der Waals surface area contributed by atoms with Crippen molar-refractivity contribution in [1.29, 1.82) is 0 Å². The summed E-state index contributed by atoms with van der Waals surface area (Å²) in [5.74, 6) is 0.0566. The van der Waals surface area contributed by atoms with Crippen LogP contribution >= 0.6 is 0 Å². The Kier molecular flexibility index (Phi) is 10.2. The molecule has 0 unspecified atom stereocenters. The highest BCUT2D eigenvalue weighted by atomic mass is 15.1. The Morgan fingerprint density at radius 2 is 0.586 bits per heavy atom. The van der Waals surface area contributed by atoms with Gasteiger partial charge in [-0.2, -0.15) is 0 Å². The lowest BCUT2D eigenvalue weighted by Gasteiger charge is -2.44. The molecule has 2 heteroatoms. The van der Waals surface area contributed by atoms with Gasteiger partial charge in [0, 0.05) is 40.0 Å². The summed E-state index contributed by atoms with van der Waals surface area (Å²) >= 11 is 0. The maximum atomic E-state index is 2.51. The summed E-state index contributed by atoms with van der Waals surface area (Å²) in [7, 11) is 0. The van der Waals surface area contributed by atoms with Gasteiger partial charge in [-0.05, 0) is 145 Å². The normalized spacial score (nSPS) is 12.9. The van der Waals surface area contributed by atoms with E-state index >= 15 is 0 Å². The standard InChI is InChI=1S/C68H48N2/c1-6-22-48(23-7-1)51-28-20-34-55(44-51)69(53-30-12-4-13-31-53)57-40-42-59-60-43-41-58(70(54-32-14-5-15-33-54)56-35-21-29-52(45-56)49-24-8-2-9-25-49)47-66(60)68(65(59)46-57)63-38-18-16-36-61(63)67(50-26-10-3-11-27-50)62-37-17-19-39-64(62)68/h1-47,67H. The van der Waals surface area contributed by atoms with E-state index in [1.165, 1.54) is 72.3 Å². The van der Waals surface area contributed by atoms with Crippen molar-refractivity contribution in [2.75, 3.05) is 9.80 Å². The zero-order chi connectivity index (χ0) is 46.4. The van der Waals surface area contributed by atoms with Crippen molar-refractivity contribution in [1.82, 2.24) is 0 Å². The molecule has 1 spiro atoms. The van der Waals surface area contributed by atoms with Crippen molar-refractivity contribution < 1.29 is 0 Å². The second kappa shape index (κ2) is 17.3. The van der Waals surface area contributed by atoms with Crippen LogP contribution < -0.4 is 9.80 Å². The van der Waals surface area contributed by atoms with E-state index in [9.17, 15) is 0 Å². The van der Waals surface area contributed by atoms with Crippen LogP contribution in [0.5, 0.6) is 0 Å². The molecule has 2 nitrogen and oxygen atoms in total. The van der Waals surface area contributed by atoms with Gasteiger partial charge in [-0.15, -0.1) is 0 Å². The van der Waals surface area contributed by atoms with Crippen molar-refractivity contribution in [3.63, 3.8) is 0 Å². The average molecular weight is 893 g/mol. The topological polar surface area (TPSA) is 6.48 Å². The smallest absolute Gasteiger partial charge is 0.0721 e. The third-order valence-corrected chi connectivity index (χ3v) is 14.6. The van der Waals surface area contributed by atoms with Crippen molar-refractivity contribution in [2.45, 2.75) is 11.3 Å². The van der Waals surface area contributed by atoms with Gasteiger partial charge in [-0.3, -0.25) is 0 Å². The molecule has 0 saturated carbocycles. The van der Waals surface area contributed by atoms with Crippen LogP contribution in [0.1, 0.15) is 44.9 Å². The third-order valence-electron chi connectivity index (χ3n) is 14.6. The molecule has 0 radical (unpaired) electrons. The van der Waals surface area contributed by atoms with Gasteiger partial charge in [0.15, 0.2) is 0 Å². The summed E-state index contributed by atoms with van der Waals surface area (Å²) in [6, 6.07) is 105. The molecule has 11 aromatic rings. The molecule has 0 saturated heterocycles. The molecule has 2 aliphatic rings. The minimum Gasteiger partial charge on any atom is -0.310 e. The monoisotopic (exact) mass is 892 g/mol. The fraction of sp³-hybridized carbons (Fsp3) is 0.0294. The van der Waals surface area contributed by atoms with E-state index in [4.69, 9.17) is 0 Å². The molecule has 330 valence electrons. The molecule has 0 bridgehead atoms. The number of nitrogens with zero attached hydrogens (tertiary/aromatic N) is 2. The van der Waals surface area contributed by atoms with Gasteiger partial charge in [0.25, 0.3) is 0 Å². The average Bonchev–Trinajstić information content (AvgIpc) is 3.72. The summed E-state index contributed by atoms with van der Waals surface area (Å²) in [6.07, 6.45) is 0. The molecule has 0 aliphatic heterocycles. The number of hydrogen-bond donors (Lipinski definition) is 0. The Balaban J connectivity index is 1.08. The minimum atomic E-state index is -0.669. The first kappa shape index (κ1) is 41.2. The zero-order valence-corrected chi connectivity index (χ0v) is 38.6. The SMILES string of the molecule is c1ccc(-c2cccc(N(c3ccccc3)c3ccc4c(c3)C3(c5cc(N(c6ccccc6)c6cccc(-c7ccccc7)c6)ccc5-4)c4ccccc4C(c4ccccc4)c4ccccc43)c2)cc1. The predicted molar refractivity (Wildman–Crippen MR) is 291 cm³/mol. The van der Waals surface area contributed by atoms with E-state index in [2.05, 4.69) is 295 Å². The molecule has 0 fully saturated rings. The molecule has 0 aromatic heterocycles. The first-order chi connectivity index (χ1) is 34.7. The lowest BCUT2D eigenvalue weighted by molar-refractivity contribution is 0.697. The van der Waals surface area contributed by atoms with E-state index in [-0.39, 0.29) is 5.92 Å². The largest absolute Gasteiger partial charge is 0.310 e. The molecule has 0 heterocycles. The van der Waals surface area contributed by atoms with E-state index in [0.29, 0.717) is 0 Å². The second-order valence-corrected chi connectivity index (χ2v) is 18.4. The Bertz CT molecular complexity index is 3440. The Morgan fingerprint density at radius 1 is 0.243 bits per heavy atom. The van der Waals surface area contributed by atoms with Crippen LogP contribution in [0.4, 0.5) is 34.1 Å². The van der Waals surface area contributed by atoms with E-state index in [0.717, 1.165) is 34.1 Å². The number of benzene rings is 11. The van der Waals surface area contributed by atoms with Crippen molar-refractivity contribution in [2.24, 2.45) is 0 Å². The summed E-state index contributed by atoms with van der Waals surface area (Å²) in [5, 5.41) is 0. The zero-order valence-electron chi connectivity index (χ0n) is 38.6. The molecule has 11 aromatic carbocycles. The number of fused-ring (bicyclic) bond motifs is 9. The highest BCUT2D eigenvalue weighted by molar-refractivity contribution is 5.94. The van der Waals surface area contributed by atoms with Crippen LogP contribution in [-0.4, -0.2) is 0 Å². The van der Waals surface area contributed by atoms with Gasteiger partial charge < -0.3 is 9.80 Å². The van der Waals surface area contributed by atoms with Crippen LogP contribution in [0, 0.1) is 0 Å². The fourth-order valence-electron chi connectivity index (χ4n) is 11.6. The van der Waals surface area contributed by atoms with E-state index < -0.39 is 5.41 Å². The number of hydrogen-bond acceptors (Lipinski definition) is 2. The van der Waals surface area contributed by atoms with Crippen LogP contribution in [-0.2, 0) is 5.41 Å². The molecular weight excluding hydrogens is 845 g/mol. The molecule has 13 rings (SSSR count). The highest BCUT2D eigenvalue weighted by Gasteiger charge is 2.52. The van der Waals surface area contributed by atoms with Crippen molar-refractivity contribution in [3.8, 4) is 33.4 Å². The highest BCUT2D eigenvalue weighted by Crippen LogP contribution is 2.63. The van der Waals surface area contributed by atoms with Gasteiger partial charge in [0.2, 0.25) is 0 Å². The fourth-order valence-corrected chi connectivity index (χ4v) is 11.6. The maximum absolute atomic E-state index is 2.51. The molecule has 0 N–H and O–H groups in total. The Labute approximate surface area is 410 Å². The maximum Gasteiger partial charge on any atom is 0.0721 e. The number of rotatable bonds is 9. The Morgan fingerprint density at radius 3 is 1.03 bits per heavy atom. The van der Waals surface area contributed by atoms with Gasteiger partial charge in [0.05, 0.1) is 5.41 Å². The van der Waals surface area contributed by atoms with Crippen LogP contribution in [0.2, 0.25) is 0 Å². The van der Waals surface area contributed by atoms with Gasteiger partial charge >= 0.3 is 0 Å². The van der Waals surface area contributed by atoms with Gasteiger partial charge in [-0.1, -0.05) is 212 Å². The van der Waals surface area contributed by atoms with Crippen LogP contribution in [0.3, 0.4) is 0 Å². The molecule has 0 amide bonds. The molecule has 70 heavy (non-hydrogen) atoms. The Hall–Kier alpha value is -8.98. The predicted octanol–water partition coefficient (Wildman–Crippen LogP) is 17.8. The van der Waals surface area contributed by atoms with Crippen molar-refractivity contribution >= 4 is 34.1 Å². The quantitative estimate of drug-likeness (QED) is 0.142. The molecule has 2 aliphatic carbocycles. The van der Waals surface area contributed by atoms with Crippen LogP contribution in [0.25, 0.3) is 33.4 Å². The number of para-hydroxylation sites is 2. The lowest BCUT2D eigenvalue weighted by atomic mass is 9.58. The van der Waals surface area contributed by atoms with E-state index in [1.54, 1.807) is 0 Å². The van der Waals surface area contributed by atoms with E-state index in [1.807, 2.05) is 0 Å². The third kappa shape index (κ3) is 6.79. The summed E-state index contributed by atoms with van der Waals surface area (Å²) in [6.45, 7) is 0. The van der Waals surface area contributed by atoms with Crippen molar-refractivity contribution in [3.05, 3.63) is 324 Å². The first-order valence-electron chi connectivity index (χ1n) is 24.3. The van der Waals surface area contributed by atoms with Crippen LogP contribution in [0.15, 0.2) is 285 Å².